The number of hydrogen-bond acceptors (Lipinski definition) is 2. The summed E-state index contributed by atoms with van der Waals surface area (Å²) in [6, 6.07) is 12.2. The zero-order chi connectivity index (χ0) is 11.7. The Labute approximate surface area is 95.9 Å². The molecule has 0 aliphatic rings. The maximum absolute atomic E-state index is 5.81. The van der Waals surface area contributed by atoms with Crippen molar-refractivity contribution in [1.29, 1.82) is 0 Å². The highest BCUT2D eigenvalue weighted by atomic mass is 14.7. The van der Waals surface area contributed by atoms with Gasteiger partial charge in [-0.15, -0.1) is 0 Å². The van der Waals surface area contributed by atoms with Crippen LogP contribution in [-0.4, -0.2) is 0 Å². The molecule has 0 atom stereocenters. The van der Waals surface area contributed by atoms with Crippen LogP contribution in [0.3, 0.4) is 0 Å². The van der Waals surface area contributed by atoms with Gasteiger partial charge in [0.15, 0.2) is 0 Å². The zero-order valence-electron chi connectivity index (χ0n) is 9.62. The third-order valence-electron chi connectivity index (χ3n) is 2.64. The minimum Gasteiger partial charge on any atom is -0.397 e. The van der Waals surface area contributed by atoms with E-state index in [-0.39, 0.29) is 0 Å². The van der Waals surface area contributed by atoms with Gasteiger partial charge in [-0.3, -0.25) is 0 Å². The zero-order valence-corrected chi connectivity index (χ0v) is 9.62. The Morgan fingerprint density at radius 3 is 1.88 bits per heavy atom. The second kappa shape index (κ2) is 3.89. The molecular weight excluding hydrogens is 196 g/mol. The topological polar surface area (TPSA) is 52.0 Å². The van der Waals surface area contributed by atoms with Crippen LogP contribution in [0.15, 0.2) is 36.4 Å². The van der Waals surface area contributed by atoms with Gasteiger partial charge in [0.25, 0.3) is 0 Å². The van der Waals surface area contributed by atoms with Gasteiger partial charge >= 0.3 is 0 Å². The molecule has 0 radical (unpaired) electrons. The van der Waals surface area contributed by atoms with Gasteiger partial charge in [-0.2, -0.15) is 0 Å². The van der Waals surface area contributed by atoms with E-state index in [1.54, 1.807) is 0 Å². The maximum Gasteiger partial charge on any atom is 0.0554 e. The molecule has 16 heavy (non-hydrogen) atoms. The maximum atomic E-state index is 5.81. The highest BCUT2D eigenvalue weighted by Gasteiger charge is 2.02. The number of rotatable bonds is 1. The van der Waals surface area contributed by atoms with Gasteiger partial charge in [0.2, 0.25) is 0 Å². The first-order chi connectivity index (χ1) is 7.56. The number of anilines is 2. The molecule has 0 fully saturated rings. The van der Waals surface area contributed by atoms with Crippen LogP contribution >= 0.6 is 0 Å². The highest BCUT2D eigenvalue weighted by Crippen LogP contribution is 2.26. The highest BCUT2D eigenvalue weighted by molar-refractivity contribution is 5.75. The predicted molar refractivity (Wildman–Crippen MR) is 70.2 cm³/mol. The minimum absolute atomic E-state index is 0.633. The summed E-state index contributed by atoms with van der Waals surface area (Å²) in [6.07, 6.45) is 0. The Hall–Kier alpha value is -1.96. The molecule has 82 valence electrons. The average Bonchev–Trinajstić information content (AvgIpc) is 2.20. The first-order valence-corrected chi connectivity index (χ1v) is 5.30. The Kier molecular flexibility index (Phi) is 2.57. The number of hydrogen-bond donors (Lipinski definition) is 2. The fourth-order valence-corrected chi connectivity index (χ4v) is 1.90. The van der Waals surface area contributed by atoms with Crippen LogP contribution in [0.1, 0.15) is 11.1 Å². The Bertz CT molecular complexity index is 510. The summed E-state index contributed by atoms with van der Waals surface area (Å²) in [5, 5.41) is 0. The number of benzene rings is 2. The van der Waals surface area contributed by atoms with Crippen molar-refractivity contribution >= 4 is 11.4 Å². The third kappa shape index (κ3) is 2.01. The molecule has 0 saturated carbocycles. The van der Waals surface area contributed by atoms with E-state index in [1.165, 1.54) is 16.7 Å². The molecule has 2 heteroatoms. The molecule has 2 rings (SSSR count). The van der Waals surface area contributed by atoms with E-state index in [1.807, 2.05) is 18.2 Å². The van der Waals surface area contributed by atoms with E-state index in [4.69, 9.17) is 11.5 Å². The summed E-state index contributed by atoms with van der Waals surface area (Å²) in [6.45, 7) is 4.19. The van der Waals surface area contributed by atoms with Crippen LogP contribution in [0.2, 0.25) is 0 Å². The van der Waals surface area contributed by atoms with Crippen LogP contribution in [0.4, 0.5) is 11.4 Å². The van der Waals surface area contributed by atoms with Crippen molar-refractivity contribution in [2.75, 3.05) is 11.5 Å². The third-order valence-corrected chi connectivity index (χ3v) is 2.64. The lowest BCUT2D eigenvalue weighted by molar-refractivity contribution is 1.38. The van der Waals surface area contributed by atoms with Gasteiger partial charge < -0.3 is 11.5 Å². The van der Waals surface area contributed by atoms with Crippen molar-refractivity contribution in [2.24, 2.45) is 0 Å². The van der Waals surface area contributed by atoms with E-state index < -0.39 is 0 Å². The second-order valence-electron chi connectivity index (χ2n) is 4.22. The van der Waals surface area contributed by atoms with Crippen molar-refractivity contribution in [2.45, 2.75) is 13.8 Å². The Morgan fingerprint density at radius 1 is 0.688 bits per heavy atom. The van der Waals surface area contributed by atoms with Crippen LogP contribution in [-0.2, 0) is 0 Å². The van der Waals surface area contributed by atoms with Crippen molar-refractivity contribution < 1.29 is 0 Å². The Morgan fingerprint density at radius 2 is 1.31 bits per heavy atom. The number of nitrogen functional groups attached to an aromatic ring is 2. The summed E-state index contributed by atoms with van der Waals surface area (Å²) in [5.74, 6) is 0. The molecule has 0 bridgehead atoms. The monoisotopic (exact) mass is 212 g/mol. The first kappa shape index (κ1) is 10.6. The van der Waals surface area contributed by atoms with Crippen molar-refractivity contribution in [3.8, 4) is 11.1 Å². The van der Waals surface area contributed by atoms with E-state index in [2.05, 4.69) is 32.0 Å². The molecular formula is C14H16N2. The van der Waals surface area contributed by atoms with Gasteiger partial charge in [-0.05, 0) is 37.1 Å². The summed E-state index contributed by atoms with van der Waals surface area (Å²) in [5.41, 5.74) is 17.6. The molecule has 0 amide bonds. The summed E-state index contributed by atoms with van der Waals surface area (Å²) < 4.78 is 0. The Balaban J connectivity index is 2.54. The normalized spacial score (nSPS) is 10.4. The summed E-state index contributed by atoms with van der Waals surface area (Å²) in [7, 11) is 0. The van der Waals surface area contributed by atoms with E-state index >= 15 is 0 Å². The molecule has 0 heterocycles. The van der Waals surface area contributed by atoms with Crippen LogP contribution in [0.25, 0.3) is 11.1 Å². The van der Waals surface area contributed by atoms with E-state index in [0.717, 1.165) is 5.56 Å². The van der Waals surface area contributed by atoms with Gasteiger partial charge in [0, 0.05) is 0 Å². The molecule has 0 aromatic heterocycles. The smallest absolute Gasteiger partial charge is 0.0554 e. The second-order valence-corrected chi connectivity index (χ2v) is 4.22. The van der Waals surface area contributed by atoms with Crippen LogP contribution in [0, 0.1) is 13.8 Å². The van der Waals surface area contributed by atoms with Gasteiger partial charge in [0.05, 0.1) is 11.4 Å². The predicted octanol–water partition coefficient (Wildman–Crippen LogP) is 3.13. The van der Waals surface area contributed by atoms with Gasteiger partial charge in [-0.1, -0.05) is 35.4 Å². The largest absolute Gasteiger partial charge is 0.397 e. The quantitative estimate of drug-likeness (QED) is 0.713. The molecule has 2 aromatic carbocycles. The first-order valence-electron chi connectivity index (χ1n) is 5.30. The SMILES string of the molecule is Cc1cc(C)cc(-c2ccc(N)c(N)c2)c1. The molecule has 0 unspecified atom stereocenters. The molecule has 4 N–H and O–H groups in total. The minimum atomic E-state index is 0.633. The lowest BCUT2D eigenvalue weighted by Crippen LogP contribution is -1.94. The summed E-state index contributed by atoms with van der Waals surface area (Å²) >= 11 is 0. The van der Waals surface area contributed by atoms with E-state index in [9.17, 15) is 0 Å². The number of nitrogens with two attached hydrogens (primary N) is 2. The van der Waals surface area contributed by atoms with Gasteiger partial charge in [0.1, 0.15) is 0 Å². The van der Waals surface area contributed by atoms with Crippen molar-refractivity contribution in [1.82, 2.24) is 0 Å². The molecule has 2 aromatic rings. The fraction of sp³-hybridized carbons (Fsp3) is 0.143. The average molecular weight is 212 g/mol. The lowest BCUT2D eigenvalue weighted by Gasteiger charge is -2.07. The molecule has 0 saturated heterocycles. The molecule has 0 aliphatic heterocycles. The van der Waals surface area contributed by atoms with Crippen molar-refractivity contribution in [3.05, 3.63) is 47.5 Å². The molecule has 0 aliphatic carbocycles. The molecule has 0 spiro atoms. The standard InChI is InChI=1S/C14H16N2/c1-9-5-10(2)7-12(6-9)11-3-4-13(15)14(16)8-11/h3-8H,15-16H2,1-2H3. The van der Waals surface area contributed by atoms with E-state index in [0.29, 0.717) is 11.4 Å². The number of aryl methyl sites for hydroxylation is 2. The summed E-state index contributed by atoms with van der Waals surface area (Å²) in [4.78, 5) is 0. The molecule has 2 nitrogen and oxygen atoms in total. The van der Waals surface area contributed by atoms with Gasteiger partial charge in [-0.25, -0.2) is 0 Å². The fourth-order valence-electron chi connectivity index (χ4n) is 1.90. The van der Waals surface area contributed by atoms with Crippen LogP contribution in [0.5, 0.6) is 0 Å². The van der Waals surface area contributed by atoms with Crippen LogP contribution < -0.4 is 11.5 Å². The lowest BCUT2D eigenvalue weighted by atomic mass is 10.00. The van der Waals surface area contributed by atoms with Crippen molar-refractivity contribution in [3.63, 3.8) is 0 Å².